The molecule has 4 heteroatoms. The molecule has 2 heterocycles. The Hall–Kier alpha value is -0.610. The molecule has 0 atom stereocenters. The van der Waals surface area contributed by atoms with Gasteiger partial charge in [0, 0.05) is 24.9 Å². The van der Waals surface area contributed by atoms with Gasteiger partial charge in [0.2, 0.25) is 0 Å². The van der Waals surface area contributed by atoms with Crippen molar-refractivity contribution < 1.29 is 0 Å². The van der Waals surface area contributed by atoms with Gasteiger partial charge in [-0.25, -0.2) is 9.97 Å². The molecule has 0 radical (unpaired) electrons. The van der Waals surface area contributed by atoms with E-state index in [1.165, 1.54) is 11.3 Å². The van der Waals surface area contributed by atoms with Crippen LogP contribution in [0.4, 0.5) is 0 Å². The van der Waals surface area contributed by atoms with Gasteiger partial charge in [0.05, 0.1) is 0 Å². The predicted molar refractivity (Wildman–Crippen MR) is 54.1 cm³/mol. The average molecular weight is 195 g/mol. The van der Waals surface area contributed by atoms with Gasteiger partial charge in [-0.1, -0.05) is 11.8 Å². The summed E-state index contributed by atoms with van der Waals surface area (Å²) in [5, 5.41) is 4.25. The molecule has 1 aliphatic rings. The van der Waals surface area contributed by atoms with Gasteiger partial charge in [-0.2, -0.15) is 0 Å². The second kappa shape index (κ2) is 4.07. The van der Waals surface area contributed by atoms with Crippen LogP contribution in [-0.4, -0.2) is 29.3 Å². The molecule has 0 aliphatic carbocycles. The molecular weight excluding hydrogens is 182 g/mol. The third-order valence-corrected chi connectivity index (χ3v) is 2.79. The molecule has 0 fully saturated rings. The molecule has 13 heavy (non-hydrogen) atoms. The minimum absolute atomic E-state index is 0.889. The third-order valence-electron chi connectivity index (χ3n) is 2.22. The zero-order valence-corrected chi connectivity index (χ0v) is 8.52. The lowest BCUT2D eigenvalue weighted by Crippen LogP contribution is -2.16. The van der Waals surface area contributed by atoms with Crippen LogP contribution in [0.3, 0.4) is 0 Å². The van der Waals surface area contributed by atoms with Crippen LogP contribution in [0, 0.1) is 0 Å². The first-order valence-corrected chi connectivity index (χ1v) is 5.72. The van der Waals surface area contributed by atoms with Gasteiger partial charge in [0.1, 0.15) is 0 Å². The number of fused-ring (bicyclic) bond motifs is 1. The first-order valence-electron chi connectivity index (χ1n) is 4.49. The summed E-state index contributed by atoms with van der Waals surface area (Å²) >= 11 is 1.61. The van der Waals surface area contributed by atoms with E-state index in [9.17, 15) is 0 Å². The SMILES string of the molecule is CSc1ncc2c(n1)CCNCC2. The lowest BCUT2D eigenvalue weighted by atomic mass is 10.1. The minimum atomic E-state index is 0.889. The molecule has 3 nitrogen and oxygen atoms in total. The van der Waals surface area contributed by atoms with E-state index in [0.717, 1.165) is 31.1 Å². The Labute approximate surface area is 82.4 Å². The molecule has 1 N–H and O–H groups in total. The fourth-order valence-electron chi connectivity index (χ4n) is 1.50. The van der Waals surface area contributed by atoms with Crippen LogP contribution >= 0.6 is 11.8 Å². The van der Waals surface area contributed by atoms with Crippen LogP contribution in [0.2, 0.25) is 0 Å². The van der Waals surface area contributed by atoms with Crippen LogP contribution in [0.25, 0.3) is 0 Å². The lowest BCUT2D eigenvalue weighted by molar-refractivity contribution is 0.707. The second-order valence-corrected chi connectivity index (χ2v) is 3.85. The molecule has 0 amide bonds. The Morgan fingerprint density at radius 1 is 1.38 bits per heavy atom. The third kappa shape index (κ3) is 2.00. The van der Waals surface area contributed by atoms with Crippen molar-refractivity contribution in [1.82, 2.24) is 15.3 Å². The Kier molecular flexibility index (Phi) is 2.80. The number of rotatable bonds is 1. The Morgan fingerprint density at radius 3 is 3.08 bits per heavy atom. The van der Waals surface area contributed by atoms with E-state index in [1.807, 2.05) is 12.5 Å². The summed E-state index contributed by atoms with van der Waals surface area (Å²) in [4.78, 5) is 8.78. The average Bonchev–Trinajstić information content (AvgIpc) is 2.41. The molecule has 0 aromatic carbocycles. The van der Waals surface area contributed by atoms with Crippen LogP contribution in [-0.2, 0) is 12.8 Å². The number of hydrogen-bond donors (Lipinski definition) is 1. The summed E-state index contributed by atoms with van der Waals surface area (Å²) in [7, 11) is 0. The van der Waals surface area contributed by atoms with E-state index in [2.05, 4.69) is 15.3 Å². The van der Waals surface area contributed by atoms with E-state index in [4.69, 9.17) is 0 Å². The van der Waals surface area contributed by atoms with E-state index in [1.54, 1.807) is 11.8 Å². The predicted octanol–water partition coefficient (Wildman–Crippen LogP) is 0.887. The summed E-state index contributed by atoms with van der Waals surface area (Å²) in [6.45, 7) is 2.09. The Balaban J connectivity index is 2.32. The Bertz CT molecular complexity index is 301. The van der Waals surface area contributed by atoms with Crippen LogP contribution in [0.1, 0.15) is 11.3 Å². The smallest absolute Gasteiger partial charge is 0.187 e. The number of aromatic nitrogens is 2. The summed E-state index contributed by atoms with van der Waals surface area (Å²) in [6.07, 6.45) is 6.08. The van der Waals surface area contributed by atoms with Crippen molar-refractivity contribution in [3.8, 4) is 0 Å². The zero-order chi connectivity index (χ0) is 9.10. The topological polar surface area (TPSA) is 37.8 Å². The van der Waals surface area contributed by atoms with Gasteiger partial charge < -0.3 is 5.32 Å². The summed E-state index contributed by atoms with van der Waals surface area (Å²) in [5.74, 6) is 0. The van der Waals surface area contributed by atoms with Crippen molar-refractivity contribution in [2.45, 2.75) is 18.0 Å². The van der Waals surface area contributed by atoms with Gasteiger partial charge in [0.15, 0.2) is 5.16 Å². The fraction of sp³-hybridized carbons (Fsp3) is 0.556. The van der Waals surface area contributed by atoms with Crippen molar-refractivity contribution in [1.29, 1.82) is 0 Å². The highest BCUT2D eigenvalue weighted by Gasteiger charge is 2.09. The largest absolute Gasteiger partial charge is 0.316 e. The van der Waals surface area contributed by atoms with Crippen LogP contribution in [0.5, 0.6) is 0 Å². The van der Waals surface area contributed by atoms with E-state index >= 15 is 0 Å². The van der Waals surface area contributed by atoms with Crippen LogP contribution < -0.4 is 5.32 Å². The van der Waals surface area contributed by atoms with E-state index in [0.29, 0.717) is 0 Å². The van der Waals surface area contributed by atoms with Crippen molar-refractivity contribution in [3.63, 3.8) is 0 Å². The number of thioether (sulfide) groups is 1. The molecule has 0 bridgehead atoms. The van der Waals surface area contributed by atoms with Gasteiger partial charge in [-0.3, -0.25) is 0 Å². The number of nitrogens with one attached hydrogen (secondary N) is 1. The standard InChI is InChI=1S/C9H13N3S/c1-13-9-11-6-7-2-4-10-5-3-8(7)12-9/h6,10H,2-5H2,1H3. The van der Waals surface area contributed by atoms with E-state index in [-0.39, 0.29) is 0 Å². The second-order valence-electron chi connectivity index (χ2n) is 3.08. The fourth-order valence-corrected chi connectivity index (χ4v) is 1.86. The first-order chi connectivity index (χ1) is 6.40. The van der Waals surface area contributed by atoms with Gasteiger partial charge in [0.25, 0.3) is 0 Å². The maximum absolute atomic E-state index is 4.50. The summed E-state index contributed by atoms with van der Waals surface area (Å²) < 4.78 is 0. The minimum Gasteiger partial charge on any atom is -0.316 e. The summed E-state index contributed by atoms with van der Waals surface area (Å²) in [5.41, 5.74) is 2.53. The molecule has 1 aromatic heterocycles. The van der Waals surface area contributed by atoms with Crippen molar-refractivity contribution in [2.24, 2.45) is 0 Å². The normalized spacial score (nSPS) is 16.4. The highest BCUT2D eigenvalue weighted by Crippen LogP contribution is 2.14. The van der Waals surface area contributed by atoms with Crippen molar-refractivity contribution in [3.05, 3.63) is 17.5 Å². The molecule has 70 valence electrons. The maximum Gasteiger partial charge on any atom is 0.187 e. The molecule has 1 aliphatic heterocycles. The van der Waals surface area contributed by atoms with Gasteiger partial charge >= 0.3 is 0 Å². The zero-order valence-electron chi connectivity index (χ0n) is 7.71. The molecular formula is C9H13N3S. The molecule has 2 rings (SSSR count). The summed E-state index contributed by atoms with van der Waals surface area (Å²) in [6, 6.07) is 0. The molecule has 0 saturated carbocycles. The van der Waals surface area contributed by atoms with Gasteiger partial charge in [-0.15, -0.1) is 0 Å². The molecule has 0 saturated heterocycles. The quantitative estimate of drug-likeness (QED) is 0.533. The van der Waals surface area contributed by atoms with Crippen molar-refractivity contribution >= 4 is 11.8 Å². The Morgan fingerprint density at radius 2 is 2.23 bits per heavy atom. The monoisotopic (exact) mass is 195 g/mol. The first kappa shape index (κ1) is 8.97. The lowest BCUT2D eigenvalue weighted by Gasteiger charge is -2.03. The van der Waals surface area contributed by atoms with E-state index < -0.39 is 0 Å². The number of hydrogen-bond acceptors (Lipinski definition) is 4. The molecule has 1 aromatic rings. The van der Waals surface area contributed by atoms with Crippen LogP contribution in [0.15, 0.2) is 11.4 Å². The van der Waals surface area contributed by atoms with Gasteiger partial charge in [-0.05, 0) is 24.8 Å². The molecule has 0 unspecified atom stereocenters. The highest BCUT2D eigenvalue weighted by atomic mass is 32.2. The van der Waals surface area contributed by atoms with Crippen molar-refractivity contribution in [2.75, 3.05) is 19.3 Å². The maximum atomic E-state index is 4.50. The number of nitrogens with zero attached hydrogens (tertiary/aromatic N) is 2. The highest BCUT2D eigenvalue weighted by molar-refractivity contribution is 7.98. The molecule has 0 spiro atoms.